The van der Waals surface area contributed by atoms with Gasteiger partial charge in [-0.25, -0.2) is 9.97 Å². The zero-order valence-electron chi connectivity index (χ0n) is 11.8. The zero-order chi connectivity index (χ0) is 14.8. The molecule has 4 aromatic rings. The van der Waals surface area contributed by atoms with Crippen LogP contribution in [0.5, 0.6) is 0 Å². The first-order valence-corrected chi connectivity index (χ1v) is 7.01. The van der Waals surface area contributed by atoms with Gasteiger partial charge in [-0.3, -0.25) is 4.57 Å². The van der Waals surface area contributed by atoms with E-state index in [4.69, 9.17) is 9.40 Å². The highest BCUT2D eigenvalue weighted by Gasteiger charge is 2.10. The van der Waals surface area contributed by atoms with Crippen LogP contribution in [0.2, 0.25) is 0 Å². The average Bonchev–Trinajstić information content (AvgIpc) is 3.21. The summed E-state index contributed by atoms with van der Waals surface area (Å²) in [6, 6.07) is 15.8. The number of nitrogens with zero attached hydrogens (tertiary/aromatic N) is 3. The minimum absolute atomic E-state index is 0.834. The summed E-state index contributed by atoms with van der Waals surface area (Å²) in [5.41, 5.74) is 2.98. The summed E-state index contributed by atoms with van der Waals surface area (Å²) >= 11 is 0. The molecule has 0 amide bonds. The smallest absolute Gasteiger partial charge is 0.139 e. The third-order valence-corrected chi connectivity index (χ3v) is 3.43. The number of imidazole rings is 1. The predicted molar refractivity (Wildman–Crippen MR) is 86.5 cm³/mol. The highest BCUT2D eigenvalue weighted by Crippen LogP contribution is 2.21. The van der Waals surface area contributed by atoms with E-state index in [0.29, 0.717) is 0 Å². The molecule has 0 aliphatic carbocycles. The molecular weight excluding hydrogens is 274 g/mol. The van der Waals surface area contributed by atoms with Gasteiger partial charge in [-0.15, -0.1) is 0 Å². The first-order valence-electron chi connectivity index (χ1n) is 7.01. The Bertz CT molecular complexity index is 922. The van der Waals surface area contributed by atoms with Gasteiger partial charge in [-0.2, -0.15) is 0 Å². The van der Waals surface area contributed by atoms with E-state index in [1.165, 1.54) is 0 Å². The number of pyridine rings is 1. The first kappa shape index (κ1) is 12.6. The second-order valence-electron chi connectivity index (χ2n) is 4.87. The summed E-state index contributed by atoms with van der Waals surface area (Å²) in [6.07, 6.45) is 9.09. The van der Waals surface area contributed by atoms with E-state index in [-0.39, 0.29) is 0 Å². The standard InChI is InChI=1S/C18H13N3O/c1-2-6-16-15(5-1)20-18(9-8-14-10-12-22-13-14)21(16)17-7-3-4-11-19-17/h1-13H. The number of benzene rings is 1. The fraction of sp³-hybridized carbons (Fsp3) is 0. The highest BCUT2D eigenvalue weighted by molar-refractivity contribution is 5.81. The van der Waals surface area contributed by atoms with E-state index >= 15 is 0 Å². The van der Waals surface area contributed by atoms with Gasteiger partial charge >= 0.3 is 0 Å². The Morgan fingerprint density at radius 3 is 2.68 bits per heavy atom. The average molecular weight is 287 g/mol. The van der Waals surface area contributed by atoms with E-state index in [2.05, 4.69) is 4.98 Å². The van der Waals surface area contributed by atoms with E-state index in [1.54, 1.807) is 18.7 Å². The van der Waals surface area contributed by atoms with Crippen molar-refractivity contribution in [3.8, 4) is 5.82 Å². The maximum atomic E-state index is 5.09. The van der Waals surface area contributed by atoms with E-state index in [0.717, 1.165) is 28.2 Å². The lowest BCUT2D eigenvalue weighted by Crippen LogP contribution is -1.99. The molecule has 3 heterocycles. The molecule has 0 unspecified atom stereocenters. The fourth-order valence-corrected chi connectivity index (χ4v) is 2.42. The minimum atomic E-state index is 0.834. The number of furan rings is 1. The van der Waals surface area contributed by atoms with Gasteiger partial charge in [0.15, 0.2) is 0 Å². The molecule has 0 spiro atoms. The molecule has 1 aromatic carbocycles. The zero-order valence-corrected chi connectivity index (χ0v) is 11.8. The van der Waals surface area contributed by atoms with Crippen molar-refractivity contribution >= 4 is 23.2 Å². The van der Waals surface area contributed by atoms with Gasteiger partial charge in [-0.1, -0.05) is 18.2 Å². The van der Waals surface area contributed by atoms with Crippen LogP contribution in [0.4, 0.5) is 0 Å². The van der Waals surface area contributed by atoms with Gasteiger partial charge < -0.3 is 4.42 Å². The molecule has 22 heavy (non-hydrogen) atoms. The normalized spacial score (nSPS) is 11.5. The lowest BCUT2D eigenvalue weighted by atomic mass is 10.3. The molecule has 0 N–H and O–H groups in total. The molecular formula is C18H13N3O. The third kappa shape index (κ3) is 2.20. The molecule has 0 atom stereocenters. The number of hydrogen-bond acceptors (Lipinski definition) is 3. The summed E-state index contributed by atoms with van der Waals surface area (Å²) < 4.78 is 7.13. The molecule has 3 aromatic heterocycles. The SMILES string of the molecule is C(=Cc1nc2ccccc2n1-c1ccccn1)c1ccoc1. The van der Waals surface area contributed by atoms with Crippen LogP contribution in [0.1, 0.15) is 11.4 Å². The minimum Gasteiger partial charge on any atom is -0.472 e. The fourth-order valence-electron chi connectivity index (χ4n) is 2.42. The summed E-state index contributed by atoms with van der Waals surface area (Å²) in [7, 11) is 0. The number of aromatic nitrogens is 3. The number of hydrogen-bond donors (Lipinski definition) is 0. The largest absolute Gasteiger partial charge is 0.472 e. The van der Waals surface area contributed by atoms with Crippen molar-refractivity contribution in [2.75, 3.05) is 0 Å². The Morgan fingerprint density at radius 1 is 0.955 bits per heavy atom. The highest BCUT2D eigenvalue weighted by atomic mass is 16.3. The topological polar surface area (TPSA) is 43.9 Å². The van der Waals surface area contributed by atoms with E-state index < -0.39 is 0 Å². The van der Waals surface area contributed by atoms with Gasteiger partial charge in [0.05, 0.1) is 23.6 Å². The van der Waals surface area contributed by atoms with Gasteiger partial charge in [0.2, 0.25) is 0 Å². The quantitative estimate of drug-likeness (QED) is 0.567. The Hall–Kier alpha value is -3.14. The lowest BCUT2D eigenvalue weighted by Gasteiger charge is -2.05. The molecule has 0 radical (unpaired) electrons. The molecule has 0 saturated carbocycles. The third-order valence-electron chi connectivity index (χ3n) is 3.43. The molecule has 0 aliphatic heterocycles. The summed E-state index contributed by atoms with van der Waals surface area (Å²) in [6.45, 7) is 0. The van der Waals surface area contributed by atoms with Crippen molar-refractivity contribution in [3.63, 3.8) is 0 Å². The summed E-state index contributed by atoms with van der Waals surface area (Å²) in [5.74, 6) is 1.68. The molecule has 4 heteroatoms. The second-order valence-corrected chi connectivity index (χ2v) is 4.87. The van der Waals surface area contributed by atoms with Gasteiger partial charge in [0.25, 0.3) is 0 Å². The van der Waals surface area contributed by atoms with Crippen LogP contribution in [0, 0.1) is 0 Å². The van der Waals surface area contributed by atoms with Gasteiger partial charge in [-0.05, 0) is 42.5 Å². The van der Waals surface area contributed by atoms with Crippen molar-refractivity contribution in [2.45, 2.75) is 0 Å². The Balaban J connectivity index is 1.90. The van der Waals surface area contributed by atoms with Crippen LogP contribution < -0.4 is 0 Å². The molecule has 0 bridgehead atoms. The Morgan fingerprint density at radius 2 is 1.86 bits per heavy atom. The molecule has 4 rings (SSSR count). The Kier molecular flexibility index (Phi) is 3.05. The van der Waals surface area contributed by atoms with E-state index in [9.17, 15) is 0 Å². The molecule has 0 fully saturated rings. The van der Waals surface area contributed by atoms with Crippen molar-refractivity contribution in [3.05, 3.63) is 78.6 Å². The van der Waals surface area contributed by atoms with Crippen molar-refractivity contribution in [1.29, 1.82) is 0 Å². The Labute approximate surface area is 127 Å². The van der Waals surface area contributed by atoms with Crippen LogP contribution in [0.3, 0.4) is 0 Å². The number of fused-ring (bicyclic) bond motifs is 1. The molecule has 106 valence electrons. The van der Waals surface area contributed by atoms with Crippen LogP contribution in [0.25, 0.3) is 29.0 Å². The second kappa shape index (κ2) is 5.33. The van der Waals surface area contributed by atoms with Gasteiger partial charge in [0, 0.05) is 11.8 Å². The maximum absolute atomic E-state index is 5.09. The van der Waals surface area contributed by atoms with Crippen molar-refractivity contribution in [1.82, 2.24) is 14.5 Å². The van der Waals surface area contributed by atoms with Crippen molar-refractivity contribution < 1.29 is 4.42 Å². The maximum Gasteiger partial charge on any atom is 0.139 e. The van der Waals surface area contributed by atoms with Crippen LogP contribution in [0.15, 0.2) is 71.7 Å². The molecule has 0 saturated heterocycles. The number of rotatable bonds is 3. The monoisotopic (exact) mass is 287 g/mol. The molecule has 0 aliphatic rings. The molecule has 4 nitrogen and oxygen atoms in total. The van der Waals surface area contributed by atoms with E-state index in [1.807, 2.05) is 65.3 Å². The first-order chi connectivity index (χ1) is 10.9. The lowest BCUT2D eigenvalue weighted by molar-refractivity contribution is 0.567. The number of para-hydroxylation sites is 2. The van der Waals surface area contributed by atoms with Crippen LogP contribution in [-0.2, 0) is 0 Å². The predicted octanol–water partition coefficient (Wildman–Crippen LogP) is 4.18. The summed E-state index contributed by atoms with van der Waals surface area (Å²) in [4.78, 5) is 9.14. The van der Waals surface area contributed by atoms with Crippen LogP contribution >= 0.6 is 0 Å². The van der Waals surface area contributed by atoms with Gasteiger partial charge in [0.1, 0.15) is 11.6 Å². The van der Waals surface area contributed by atoms with Crippen LogP contribution in [-0.4, -0.2) is 14.5 Å². The van der Waals surface area contributed by atoms with Crippen molar-refractivity contribution in [2.24, 2.45) is 0 Å². The summed E-state index contributed by atoms with van der Waals surface area (Å²) in [5, 5.41) is 0.